The van der Waals surface area contributed by atoms with Gasteiger partial charge in [0, 0.05) is 50.6 Å². The second-order valence-electron chi connectivity index (χ2n) is 8.84. The van der Waals surface area contributed by atoms with Gasteiger partial charge in [0.25, 0.3) is 0 Å². The second-order valence-corrected chi connectivity index (χ2v) is 8.84. The summed E-state index contributed by atoms with van der Waals surface area (Å²) in [6.07, 6.45) is 6.28. The van der Waals surface area contributed by atoms with Crippen LogP contribution in [0, 0.1) is 5.82 Å². The maximum atomic E-state index is 15.0. The number of hydrogen-bond acceptors (Lipinski definition) is 11. The van der Waals surface area contributed by atoms with Crippen molar-refractivity contribution < 1.29 is 13.9 Å². The zero-order chi connectivity index (χ0) is 27.2. The molecule has 4 heterocycles. The lowest BCUT2D eigenvalue weighted by Crippen LogP contribution is -2.46. The number of nitrogens with one attached hydrogen (secondary N) is 2. The quantitative estimate of drug-likeness (QED) is 0.325. The van der Waals surface area contributed by atoms with E-state index in [1.807, 2.05) is 12.3 Å². The van der Waals surface area contributed by atoms with Crippen LogP contribution in [0.3, 0.4) is 0 Å². The predicted molar refractivity (Wildman–Crippen MR) is 148 cm³/mol. The van der Waals surface area contributed by atoms with Crippen LogP contribution < -0.4 is 25.0 Å². The molecule has 202 valence electrons. The number of nitrogens with zero attached hydrogens (tertiary/aromatic N) is 7. The SMILES string of the molecule is CCN1CCN(c2ccc(Nc3cc(-c4cncnc4Nc4cc(OC)cc(OC)c4F)ncn3)nc2)CC1. The van der Waals surface area contributed by atoms with Crippen LogP contribution in [0.15, 0.2) is 55.4 Å². The standard InChI is InChI=1S/C27H30FN9O2/c1-4-36-7-9-37(10-8-36)18-5-6-24(30-14-18)35-25-13-21(31-17-32-25)20-15-29-16-33-27(20)34-22-11-19(38-2)12-23(39-3)26(22)28/h5-6,11-17H,4,7-10H2,1-3H3,(H,29,33,34)(H,30,31,32,35). The summed E-state index contributed by atoms with van der Waals surface area (Å²) >= 11 is 0. The summed E-state index contributed by atoms with van der Waals surface area (Å²) in [5.41, 5.74) is 2.33. The molecule has 1 aliphatic rings. The number of hydrogen-bond donors (Lipinski definition) is 2. The summed E-state index contributed by atoms with van der Waals surface area (Å²) in [5, 5.41) is 6.24. The molecule has 1 fully saturated rings. The molecule has 0 bridgehead atoms. The number of likely N-dealkylation sites (N-methyl/N-ethyl adjacent to an activating group) is 1. The van der Waals surface area contributed by atoms with E-state index in [4.69, 9.17) is 9.47 Å². The van der Waals surface area contributed by atoms with E-state index in [1.165, 1.54) is 39.0 Å². The molecule has 1 aromatic carbocycles. The molecular formula is C27H30FN9O2. The first kappa shape index (κ1) is 26.0. The number of anilines is 5. The van der Waals surface area contributed by atoms with Crippen molar-refractivity contribution in [1.29, 1.82) is 0 Å². The van der Waals surface area contributed by atoms with Crippen molar-refractivity contribution in [1.82, 2.24) is 29.8 Å². The van der Waals surface area contributed by atoms with Crippen LogP contribution in [-0.2, 0) is 0 Å². The van der Waals surface area contributed by atoms with Gasteiger partial charge in [-0.05, 0) is 18.7 Å². The van der Waals surface area contributed by atoms with Crippen molar-refractivity contribution in [3.63, 3.8) is 0 Å². The van der Waals surface area contributed by atoms with Crippen LogP contribution in [0.4, 0.5) is 33.2 Å². The molecule has 4 aromatic rings. The van der Waals surface area contributed by atoms with E-state index >= 15 is 0 Å². The normalized spacial score (nSPS) is 13.7. The number of pyridine rings is 1. The predicted octanol–water partition coefficient (Wildman–Crippen LogP) is 4.11. The largest absolute Gasteiger partial charge is 0.497 e. The van der Waals surface area contributed by atoms with Crippen LogP contribution in [-0.4, -0.2) is 76.8 Å². The van der Waals surface area contributed by atoms with Crippen molar-refractivity contribution >= 4 is 28.8 Å². The smallest absolute Gasteiger partial charge is 0.188 e. The van der Waals surface area contributed by atoms with Crippen molar-refractivity contribution in [2.24, 2.45) is 0 Å². The first-order valence-electron chi connectivity index (χ1n) is 12.6. The Labute approximate surface area is 226 Å². The third-order valence-electron chi connectivity index (χ3n) is 6.57. The summed E-state index contributed by atoms with van der Waals surface area (Å²) in [6.45, 7) is 7.35. The number of ether oxygens (including phenoxy) is 2. The Hall–Kier alpha value is -4.58. The molecule has 3 aromatic heterocycles. The minimum Gasteiger partial charge on any atom is -0.497 e. The fourth-order valence-electron chi connectivity index (χ4n) is 4.35. The summed E-state index contributed by atoms with van der Waals surface area (Å²) in [4.78, 5) is 26.5. The Balaban J connectivity index is 1.34. The summed E-state index contributed by atoms with van der Waals surface area (Å²) in [5.74, 6) is 1.46. The molecule has 0 amide bonds. The van der Waals surface area contributed by atoms with Gasteiger partial charge in [0.05, 0.1) is 43.0 Å². The molecule has 0 saturated carbocycles. The molecule has 0 spiro atoms. The van der Waals surface area contributed by atoms with E-state index in [2.05, 4.69) is 58.3 Å². The highest BCUT2D eigenvalue weighted by Gasteiger charge is 2.18. The topological polar surface area (TPSA) is 113 Å². The average Bonchev–Trinajstić information content (AvgIpc) is 2.99. The van der Waals surface area contributed by atoms with Crippen LogP contribution in [0.5, 0.6) is 11.5 Å². The molecule has 2 N–H and O–H groups in total. The van der Waals surface area contributed by atoms with Crippen molar-refractivity contribution in [2.45, 2.75) is 6.92 Å². The monoisotopic (exact) mass is 531 g/mol. The van der Waals surface area contributed by atoms with Gasteiger partial charge in [-0.2, -0.15) is 0 Å². The summed E-state index contributed by atoms with van der Waals surface area (Å²) in [6, 6.07) is 8.74. The minimum absolute atomic E-state index is 0.0442. The zero-order valence-corrected chi connectivity index (χ0v) is 22.1. The Bertz CT molecular complexity index is 1410. The van der Waals surface area contributed by atoms with E-state index in [9.17, 15) is 4.39 Å². The second kappa shape index (κ2) is 11.9. The van der Waals surface area contributed by atoms with Crippen LogP contribution >= 0.6 is 0 Å². The van der Waals surface area contributed by atoms with Gasteiger partial charge in [0.1, 0.15) is 35.9 Å². The molecule has 11 nitrogen and oxygen atoms in total. The Morgan fingerprint density at radius 2 is 1.72 bits per heavy atom. The van der Waals surface area contributed by atoms with Gasteiger partial charge in [-0.3, -0.25) is 0 Å². The number of rotatable bonds is 9. The number of halogens is 1. The van der Waals surface area contributed by atoms with E-state index in [0.29, 0.717) is 34.5 Å². The van der Waals surface area contributed by atoms with Gasteiger partial charge in [-0.1, -0.05) is 6.92 Å². The molecule has 0 unspecified atom stereocenters. The lowest BCUT2D eigenvalue weighted by molar-refractivity contribution is 0.271. The lowest BCUT2D eigenvalue weighted by atomic mass is 10.2. The van der Waals surface area contributed by atoms with Gasteiger partial charge >= 0.3 is 0 Å². The third-order valence-corrected chi connectivity index (χ3v) is 6.57. The van der Waals surface area contributed by atoms with Crippen LogP contribution in [0.2, 0.25) is 0 Å². The molecule has 12 heteroatoms. The van der Waals surface area contributed by atoms with Gasteiger partial charge in [0.2, 0.25) is 0 Å². The molecule has 1 saturated heterocycles. The zero-order valence-electron chi connectivity index (χ0n) is 22.1. The molecule has 0 radical (unpaired) electrons. The third kappa shape index (κ3) is 5.96. The maximum absolute atomic E-state index is 15.0. The van der Waals surface area contributed by atoms with Gasteiger partial charge in [0.15, 0.2) is 11.6 Å². The number of benzene rings is 1. The molecular weight excluding hydrogens is 501 g/mol. The highest BCUT2D eigenvalue weighted by molar-refractivity contribution is 5.77. The number of methoxy groups -OCH3 is 2. The summed E-state index contributed by atoms with van der Waals surface area (Å²) < 4.78 is 25.4. The van der Waals surface area contributed by atoms with Crippen LogP contribution in [0.1, 0.15) is 6.92 Å². The van der Waals surface area contributed by atoms with Gasteiger partial charge in [-0.25, -0.2) is 29.3 Å². The highest BCUT2D eigenvalue weighted by atomic mass is 19.1. The number of piperazine rings is 1. The lowest BCUT2D eigenvalue weighted by Gasteiger charge is -2.35. The summed E-state index contributed by atoms with van der Waals surface area (Å²) in [7, 11) is 2.89. The highest BCUT2D eigenvalue weighted by Crippen LogP contribution is 2.34. The molecule has 0 aliphatic carbocycles. The Morgan fingerprint density at radius 1 is 0.872 bits per heavy atom. The van der Waals surface area contributed by atoms with Crippen LogP contribution in [0.25, 0.3) is 11.3 Å². The molecule has 39 heavy (non-hydrogen) atoms. The molecule has 1 aliphatic heterocycles. The average molecular weight is 532 g/mol. The number of aromatic nitrogens is 5. The van der Waals surface area contributed by atoms with E-state index in [0.717, 1.165) is 38.4 Å². The fourth-order valence-corrected chi connectivity index (χ4v) is 4.35. The van der Waals surface area contributed by atoms with Gasteiger partial charge < -0.3 is 29.9 Å². The van der Waals surface area contributed by atoms with Crippen molar-refractivity contribution in [3.8, 4) is 22.8 Å². The van der Waals surface area contributed by atoms with Gasteiger partial charge in [-0.15, -0.1) is 0 Å². The fraction of sp³-hybridized carbons (Fsp3) is 0.296. The van der Waals surface area contributed by atoms with E-state index in [-0.39, 0.29) is 11.4 Å². The first-order valence-corrected chi connectivity index (χ1v) is 12.6. The van der Waals surface area contributed by atoms with E-state index < -0.39 is 5.82 Å². The Kier molecular flexibility index (Phi) is 7.92. The Morgan fingerprint density at radius 3 is 2.44 bits per heavy atom. The maximum Gasteiger partial charge on any atom is 0.188 e. The molecule has 0 atom stereocenters. The van der Waals surface area contributed by atoms with Crippen molar-refractivity contribution in [2.75, 3.05) is 62.5 Å². The molecule has 5 rings (SSSR count). The van der Waals surface area contributed by atoms with E-state index in [1.54, 1.807) is 12.3 Å². The minimum atomic E-state index is -0.574. The van der Waals surface area contributed by atoms with Crippen molar-refractivity contribution in [3.05, 3.63) is 61.2 Å². The first-order chi connectivity index (χ1) is 19.1.